The topological polar surface area (TPSA) is 145 Å². The van der Waals surface area contributed by atoms with Gasteiger partial charge in [-0.2, -0.15) is 4.31 Å². The molecule has 2 rings (SSSR count). The van der Waals surface area contributed by atoms with Crippen LogP contribution in [0.25, 0.3) is 0 Å². The minimum Gasteiger partial charge on any atom is -0.449 e. The third kappa shape index (κ3) is 5.05. The predicted octanol–water partition coefficient (Wildman–Crippen LogP) is 1.84. The van der Waals surface area contributed by atoms with E-state index in [2.05, 4.69) is 4.84 Å². The molecule has 0 bridgehead atoms. The number of thiophene rings is 1. The van der Waals surface area contributed by atoms with E-state index < -0.39 is 27.2 Å². The maximum absolute atomic E-state index is 12.6. The Labute approximate surface area is 171 Å². The van der Waals surface area contributed by atoms with Crippen LogP contribution in [-0.4, -0.2) is 62.2 Å². The second-order valence-corrected chi connectivity index (χ2v) is 10.1. The van der Waals surface area contributed by atoms with E-state index in [0.29, 0.717) is 29.2 Å². The first-order valence-electron chi connectivity index (χ1n) is 8.39. The summed E-state index contributed by atoms with van der Waals surface area (Å²) >= 11 is 2.04. The highest BCUT2D eigenvalue weighted by molar-refractivity contribution is 7.99. The summed E-state index contributed by atoms with van der Waals surface area (Å²) in [5.41, 5.74) is 0.536. The molecule has 11 nitrogen and oxygen atoms in total. The van der Waals surface area contributed by atoms with Crippen molar-refractivity contribution in [3.63, 3.8) is 0 Å². The minimum absolute atomic E-state index is 0.0644. The Morgan fingerprint density at radius 1 is 1.50 bits per heavy atom. The summed E-state index contributed by atoms with van der Waals surface area (Å²) in [5, 5.41) is 14.8. The molecule has 158 valence electrons. The third-order valence-corrected chi connectivity index (χ3v) is 8.35. The number of amides is 1. The van der Waals surface area contributed by atoms with Crippen LogP contribution in [0.5, 0.6) is 0 Å². The van der Waals surface area contributed by atoms with Crippen LogP contribution in [0.15, 0.2) is 14.5 Å². The first-order chi connectivity index (χ1) is 13.2. The van der Waals surface area contributed by atoms with Gasteiger partial charge in [0.15, 0.2) is 0 Å². The second kappa shape index (κ2) is 9.73. The summed E-state index contributed by atoms with van der Waals surface area (Å²) in [6.07, 6.45) is 0.208. The molecule has 1 aromatic heterocycles. The van der Waals surface area contributed by atoms with Crippen molar-refractivity contribution in [1.82, 2.24) is 9.21 Å². The number of hydrogen-bond acceptors (Lipinski definition) is 10. The van der Waals surface area contributed by atoms with Crippen LogP contribution >= 0.6 is 23.3 Å². The number of carbonyl (C=O) groups is 1. The summed E-state index contributed by atoms with van der Waals surface area (Å²) in [5.74, 6) is 0. The normalized spacial score (nSPS) is 18.3. The Hall–Kier alpha value is -1.61. The Balaban J connectivity index is 2.08. The van der Waals surface area contributed by atoms with Crippen molar-refractivity contribution in [2.24, 2.45) is 5.14 Å². The Bertz CT molecular complexity index is 814. The van der Waals surface area contributed by atoms with E-state index in [0.717, 1.165) is 23.3 Å². The Morgan fingerprint density at radius 3 is 2.79 bits per heavy atom. The number of ether oxygens (including phenoxy) is 1. The van der Waals surface area contributed by atoms with E-state index in [1.54, 1.807) is 13.0 Å². The summed E-state index contributed by atoms with van der Waals surface area (Å²) in [4.78, 5) is 28.3. The highest BCUT2D eigenvalue weighted by atomic mass is 32.3. The number of likely N-dealkylation sites (N-methyl/N-ethyl adjacent to an activating group) is 2. The zero-order valence-electron chi connectivity index (χ0n) is 15.4. The van der Waals surface area contributed by atoms with Crippen LogP contribution in [0.2, 0.25) is 0 Å². The number of hydrogen-bond donors (Lipinski definition) is 1. The minimum atomic E-state index is -3.61. The number of rotatable bonds is 9. The molecular weight excluding hydrogens is 432 g/mol. The molecule has 0 aliphatic carbocycles. The van der Waals surface area contributed by atoms with E-state index in [9.17, 15) is 23.3 Å². The van der Waals surface area contributed by atoms with Crippen LogP contribution in [0, 0.1) is 10.1 Å². The Morgan fingerprint density at radius 2 is 2.18 bits per heavy atom. The van der Waals surface area contributed by atoms with Gasteiger partial charge in [0.1, 0.15) is 4.21 Å². The highest BCUT2D eigenvalue weighted by Crippen LogP contribution is 2.42. The fourth-order valence-electron chi connectivity index (χ4n) is 2.77. The molecule has 1 aromatic rings. The SMILES string of the molecule is CCN(C(=O)OCCCCO[N+](=O)[O-])C1CN(C)S(=O)(=O)c2sc(SN)cc21. The van der Waals surface area contributed by atoms with Gasteiger partial charge in [-0.1, -0.05) is 0 Å². The molecule has 0 aromatic carbocycles. The standard InChI is InChI=1S/C14H22N4O7S3/c1-3-17(14(19)24-6-4-5-7-25-18(20)21)11-9-16(2)28(22,23)13-10(11)8-12(26-13)27-15/h8,11H,3-7,9,15H2,1-2H3. The van der Waals surface area contributed by atoms with Gasteiger partial charge in [-0.25, -0.2) is 13.2 Å². The number of unbranched alkanes of at least 4 members (excludes halogenated alkanes) is 1. The van der Waals surface area contributed by atoms with Crippen molar-refractivity contribution >= 4 is 39.4 Å². The molecule has 1 unspecified atom stereocenters. The summed E-state index contributed by atoms with van der Waals surface area (Å²) < 4.78 is 32.4. The zero-order chi connectivity index (χ0) is 20.9. The van der Waals surface area contributed by atoms with Crippen molar-refractivity contribution in [3.8, 4) is 0 Å². The number of carbonyl (C=O) groups excluding carboxylic acids is 1. The molecular formula is C14H22N4O7S3. The lowest BCUT2D eigenvalue weighted by Crippen LogP contribution is -2.45. The lowest BCUT2D eigenvalue weighted by Gasteiger charge is -2.36. The molecule has 0 radical (unpaired) electrons. The van der Waals surface area contributed by atoms with Crippen molar-refractivity contribution < 1.29 is 27.9 Å². The third-order valence-electron chi connectivity index (χ3n) is 4.16. The molecule has 1 aliphatic rings. The lowest BCUT2D eigenvalue weighted by atomic mass is 10.1. The van der Waals surface area contributed by atoms with Gasteiger partial charge in [0.2, 0.25) is 0 Å². The molecule has 0 saturated carbocycles. The van der Waals surface area contributed by atoms with Crippen LogP contribution in [0.1, 0.15) is 31.4 Å². The van der Waals surface area contributed by atoms with Gasteiger partial charge in [0.05, 0.1) is 23.5 Å². The molecule has 2 heterocycles. The molecule has 28 heavy (non-hydrogen) atoms. The number of nitrogens with two attached hydrogens (primary N) is 1. The average Bonchev–Trinajstić information content (AvgIpc) is 3.08. The smallest absolute Gasteiger partial charge is 0.410 e. The van der Waals surface area contributed by atoms with E-state index in [-0.39, 0.29) is 24.0 Å². The van der Waals surface area contributed by atoms with Crippen LogP contribution in [0.3, 0.4) is 0 Å². The van der Waals surface area contributed by atoms with Gasteiger partial charge in [-0.05, 0) is 37.8 Å². The lowest BCUT2D eigenvalue weighted by molar-refractivity contribution is -0.757. The molecule has 0 spiro atoms. The molecule has 1 atom stereocenters. The zero-order valence-corrected chi connectivity index (χ0v) is 17.8. The Kier molecular flexibility index (Phi) is 7.88. The van der Waals surface area contributed by atoms with Crippen molar-refractivity contribution in [2.75, 3.05) is 33.4 Å². The van der Waals surface area contributed by atoms with Crippen molar-refractivity contribution in [1.29, 1.82) is 0 Å². The second-order valence-electron chi connectivity index (χ2n) is 5.89. The van der Waals surface area contributed by atoms with Crippen LogP contribution < -0.4 is 5.14 Å². The molecule has 1 aliphatic heterocycles. The fraction of sp³-hybridized carbons (Fsp3) is 0.643. The number of fused-ring (bicyclic) bond motifs is 1. The molecule has 0 fully saturated rings. The van der Waals surface area contributed by atoms with Gasteiger partial charge in [-0.15, -0.1) is 21.5 Å². The van der Waals surface area contributed by atoms with E-state index in [4.69, 9.17) is 9.88 Å². The van der Waals surface area contributed by atoms with Gasteiger partial charge in [0.25, 0.3) is 15.1 Å². The van der Waals surface area contributed by atoms with E-state index in [1.165, 1.54) is 16.3 Å². The monoisotopic (exact) mass is 454 g/mol. The predicted molar refractivity (Wildman–Crippen MR) is 103 cm³/mol. The highest BCUT2D eigenvalue weighted by Gasteiger charge is 2.40. The maximum atomic E-state index is 12.6. The summed E-state index contributed by atoms with van der Waals surface area (Å²) in [6.45, 7) is 2.23. The van der Waals surface area contributed by atoms with Crippen molar-refractivity contribution in [2.45, 2.75) is 34.2 Å². The van der Waals surface area contributed by atoms with Crippen LogP contribution in [0.4, 0.5) is 4.79 Å². The maximum Gasteiger partial charge on any atom is 0.410 e. The van der Waals surface area contributed by atoms with E-state index in [1.807, 2.05) is 0 Å². The molecule has 0 saturated heterocycles. The van der Waals surface area contributed by atoms with Gasteiger partial charge < -0.3 is 14.5 Å². The van der Waals surface area contributed by atoms with Crippen LogP contribution in [-0.2, 0) is 19.6 Å². The molecule has 1 amide bonds. The quantitative estimate of drug-likeness (QED) is 0.255. The largest absolute Gasteiger partial charge is 0.449 e. The summed E-state index contributed by atoms with van der Waals surface area (Å²) in [6, 6.07) is 1.21. The fourth-order valence-corrected chi connectivity index (χ4v) is 6.43. The van der Waals surface area contributed by atoms with Crippen molar-refractivity contribution in [3.05, 3.63) is 21.7 Å². The van der Waals surface area contributed by atoms with Gasteiger partial charge in [0, 0.05) is 25.7 Å². The van der Waals surface area contributed by atoms with E-state index >= 15 is 0 Å². The summed E-state index contributed by atoms with van der Waals surface area (Å²) in [7, 11) is -2.14. The number of sulfonamides is 1. The number of nitrogens with zero attached hydrogens (tertiary/aromatic N) is 3. The first-order valence-corrected chi connectivity index (χ1v) is 11.5. The first kappa shape index (κ1) is 22.7. The molecule has 2 N–H and O–H groups in total. The van der Waals surface area contributed by atoms with Gasteiger partial charge in [-0.3, -0.25) is 5.14 Å². The average molecular weight is 455 g/mol. The molecule has 14 heteroatoms. The van der Waals surface area contributed by atoms with Gasteiger partial charge >= 0.3 is 6.09 Å².